The van der Waals surface area contributed by atoms with E-state index < -0.39 is 11.7 Å². The standard InChI is InChI=1S/C20H30O4/c1-20(2,3)24-19(22)17-13-16(17)18(21)11-7-8-12-23-14-15-9-5-4-6-10-15/h4-6,9-10,16-18,21H,7-8,11-14H2,1-3H3/t16-,17-,18-/m0/s1. The van der Waals surface area contributed by atoms with E-state index in [9.17, 15) is 9.90 Å². The van der Waals surface area contributed by atoms with Crippen molar-refractivity contribution in [1.82, 2.24) is 0 Å². The van der Waals surface area contributed by atoms with Crippen LogP contribution in [0, 0.1) is 11.8 Å². The van der Waals surface area contributed by atoms with Crippen molar-refractivity contribution in [2.45, 2.75) is 64.8 Å². The molecular formula is C20H30O4. The Balaban J connectivity index is 1.53. The molecule has 2 rings (SSSR count). The van der Waals surface area contributed by atoms with Crippen LogP contribution in [0.3, 0.4) is 0 Å². The maximum absolute atomic E-state index is 11.9. The third-order valence-corrected chi connectivity index (χ3v) is 4.19. The van der Waals surface area contributed by atoms with Crippen LogP contribution >= 0.6 is 0 Å². The van der Waals surface area contributed by atoms with Gasteiger partial charge >= 0.3 is 5.97 Å². The van der Waals surface area contributed by atoms with E-state index in [1.807, 2.05) is 51.1 Å². The summed E-state index contributed by atoms with van der Waals surface area (Å²) in [6.07, 6.45) is 2.90. The summed E-state index contributed by atoms with van der Waals surface area (Å²) in [5.74, 6) is -0.212. The largest absolute Gasteiger partial charge is 0.460 e. The van der Waals surface area contributed by atoms with Crippen molar-refractivity contribution < 1.29 is 19.4 Å². The van der Waals surface area contributed by atoms with E-state index in [1.165, 1.54) is 5.56 Å². The maximum atomic E-state index is 11.9. The van der Waals surface area contributed by atoms with Crippen molar-refractivity contribution in [3.8, 4) is 0 Å². The van der Waals surface area contributed by atoms with Gasteiger partial charge in [-0.25, -0.2) is 0 Å². The molecule has 1 N–H and O–H groups in total. The van der Waals surface area contributed by atoms with E-state index in [4.69, 9.17) is 9.47 Å². The molecule has 0 aliphatic heterocycles. The summed E-state index contributed by atoms with van der Waals surface area (Å²) in [7, 11) is 0. The van der Waals surface area contributed by atoms with Crippen molar-refractivity contribution in [3.63, 3.8) is 0 Å². The Kier molecular flexibility index (Phi) is 6.81. The molecule has 0 amide bonds. The molecule has 0 aromatic heterocycles. The normalized spacial score (nSPS) is 21.3. The van der Waals surface area contributed by atoms with Crippen LogP contribution in [0.5, 0.6) is 0 Å². The van der Waals surface area contributed by atoms with Gasteiger partial charge in [-0.3, -0.25) is 4.79 Å². The lowest BCUT2D eigenvalue weighted by molar-refractivity contribution is -0.157. The molecule has 0 unspecified atom stereocenters. The third-order valence-electron chi connectivity index (χ3n) is 4.19. The Morgan fingerprint density at radius 3 is 2.62 bits per heavy atom. The summed E-state index contributed by atoms with van der Waals surface area (Å²) in [5.41, 5.74) is 0.723. The van der Waals surface area contributed by atoms with E-state index in [0.717, 1.165) is 25.7 Å². The minimum Gasteiger partial charge on any atom is -0.460 e. The highest BCUT2D eigenvalue weighted by Crippen LogP contribution is 2.44. The van der Waals surface area contributed by atoms with Crippen molar-refractivity contribution in [3.05, 3.63) is 35.9 Å². The predicted molar refractivity (Wildman–Crippen MR) is 93.4 cm³/mol. The molecule has 1 aliphatic carbocycles. The molecule has 24 heavy (non-hydrogen) atoms. The first-order chi connectivity index (χ1) is 11.4. The second-order valence-corrected chi connectivity index (χ2v) is 7.64. The van der Waals surface area contributed by atoms with Gasteiger partial charge in [0.1, 0.15) is 5.60 Å². The minimum atomic E-state index is -0.453. The van der Waals surface area contributed by atoms with Gasteiger partial charge in [0.2, 0.25) is 0 Å². The second kappa shape index (κ2) is 8.63. The van der Waals surface area contributed by atoms with Crippen LogP contribution in [0.25, 0.3) is 0 Å². The molecule has 1 aromatic carbocycles. The van der Waals surface area contributed by atoms with Gasteiger partial charge in [0.15, 0.2) is 0 Å². The van der Waals surface area contributed by atoms with Crippen LogP contribution in [-0.4, -0.2) is 29.4 Å². The van der Waals surface area contributed by atoms with E-state index in [0.29, 0.717) is 13.2 Å². The number of ether oxygens (including phenoxy) is 2. The van der Waals surface area contributed by atoms with Gasteiger partial charge < -0.3 is 14.6 Å². The molecule has 0 heterocycles. The summed E-state index contributed by atoms with van der Waals surface area (Å²) >= 11 is 0. The number of aliphatic hydroxyl groups excluding tert-OH is 1. The number of esters is 1. The van der Waals surface area contributed by atoms with Gasteiger partial charge in [-0.15, -0.1) is 0 Å². The Bertz CT molecular complexity index is 506. The third kappa shape index (κ3) is 6.62. The van der Waals surface area contributed by atoms with Crippen molar-refractivity contribution in [2.24, 2.45) is 11.8 Å². The van der Waals surface area contributed by atoms with E-state index in [2.05, 4.69) is 0 Å². The number of aliphatic hydroxyl groups is 1. The summed E-state index contributed by atoms with van der Waals surface area (Å²) in [6.45, 7) is 6.94. The lowest BCUT2D eigenvalue weighted by Crippen LogP contribution is -2.26. The topological polar surface area (TPSA) is 55.8 Å². The number of carbonyl (C=O) groups is 1. The van der Waals surface area contributed by atoms with Gasteiger partial charge in [0.05, 0.1) is 18.6 Å². The fourth-order valence-corrected chi connectivity index (χ4v) is 2.82. The summed E-state index contributed by atoms with van der Waals surface area (Å²) in [5, 5.41) is 10.2. The lowest BCUT2D eigenvalue weighted by Gasteiger charge is -2.20. The number of unbranched alkanes of at least 4 members (excludes halogenated alkanes) is 1. The van der Waals surface area contributed by atoms with E-state index in [1.54, 1.807) is 0 Å². The highest BCUT2D eigenvalue weighted by molar-refractivity contribution is 5.76. The molecule has 4 nitrogen and oxygen atoms in total. The van der Waals surface area contributed by atoms with E-state index in [-0.39, 0.29) is 17.8 Å². The lowest BCUT2D eigenvalue weighted by atomic mass is 10.1. The Labute approximate surface area is 145 Å². The van der Waals surface area contributed by atoms with Gasteiger partial charge in [-0.05, 0) is 57.9 Å². The fourth-order valence-electron chi connectivity index (χ4n) is 2.82. The molecule has 4 heteroatoms. The fraction of sp³-hybridized carbons (Fsp3) is 0.650. The molecule has 0 saturated heterocycles. The highest BCUT2D eigenvalue weighted by atomic mass is 16.6. The van der Waals surface area contributed by atoms with Crippen LogP contribution in [-0.2, 0) is 20.9 Å². The Morgan fingerprint density at radius 2 is 1.96 bits per heavy atom. The van der Waals surface area contributed by atoms with Crippen molar-refractivity contribution in [2.75, 3.05) is 6.61 Å². The average Bonchev–Trinajstić information content (AvgIpc) is 3.30. The zero-order valence-corrected chi connectivity index (χ0v) is 15.0. The summed E-state index contributed by atoms with van der Waals surface area (Å²) in [4.78, 5) is 11.9. The summed E-state index contributed by atoms with van der Waals surface area (Å²) in [6, 6.07) is 10.1. The van der Waals surface area contributed by atoms with Crippen LogP contribution < -0.4 is 0 Å². The molecule has 3 atom stereocenters. The molecule has 1 aliphatic rings. The van der Waals surface area contributed by atoms with Gasteiger partial charge in [0.25, 0.3) is 0 Å². The number of hydrogen-bond acceptors (Lipinski definition) is 4. The van der Waals surface area contributed by atoms with Crippen LogP contribution in [0.2, 0.25) is 0 Å². The van der Waals surface area contributed by atoms with E-state index >= 15 is 0 Å². The second-order valence-electron chi connectivity index (χ2n) is 7.64. The molecule has 1 aromatic rings. The molecule has 1 fully saturated rings. The molecule has 134 valence electrons. The van der Waals surface area contributed by atoms with Crippen LogP contribution in [0.1, 0.15) is 52.0 Å². The number of hydrogen-bond donors (Lipinski definition) is 1. The average molecular weight is 334 g/mol. The number of carbonyl (C=O) groups excluding carboxylic acids is 1. The molecular weight excluding hydrogens is 304 g/mol. The quantitative estimate of drug-likeness (QED) is 0.552. The first-order valence-corrected chi connectivity index (χ1v) is 8.89. The minimum absolute atomic E-state index is 0.0742. The Morgan fingerprint density at radius 1 is 1.25 bits per heavy atom. The molecule has 0 spiro atoms. The zero-order chi connectivity index (χ0) is 17.6. The Hall–Kier alpha value is -1.39. The van der Waals surface area contributed by atoms with Gasteiger partial charge in [0, 0.05) is 6.61 Å². The first-order valence-electron chi connectivity index (χ1n) is 8.89. The molecule has 0 bridgehead atoms. The molecule has 0 radical (unpaired) electrons. The highest BCUT2D eigenvalue weighted by Gasteiger charge is 2.48. The monoisotopic (exact) mass is 334 g/mol. The van der Waals surface area contributed by atoms with Crippen molar-refractivity contribution >= 4 is 5.97 Å². The molecule has 1 saturated carbocycles. The van der Waals surface area contributed by atoms with Gasteiger partial charge in [-0.1, -0.05) is 30.3 Å². The predicted octanol–water partition coefficient (Wildman–Crippen LogP) is 3.71. The van der Waals surface area contributed by atoms with Crippen LogP contribution in [0.4, 0.5) is 0 Å². The summed E-state index contributed by atoms with van der Waals surface area (Å²) < 4.78 is 11.0. The maximum Gasteiger partial charge on any atom is 0.309 e. The number of rotatable bonds is 9. The zero-order valence-electron chi connectivity index (χ0n) is 15.0. The van der Waals surface area contributed by atoms with Crippen LogP contribution in [0.15, 0.2) is 30.3 Å². The van der Waals surface area contributed by atoms with Gasteiger partial charge in [-0.2, -0.15) is 0 Å². The number of benzene rings is 1. The smallest absolute Gasteiger partial charge is 0.309 e. The first kappa shape index (κ1) is 18.9. The van der Waals surface area contributed by atoms with Crippen molar-refractivity contribution in [1.29, 1.82) is 0 Å². The SMILES string of the molecule is CC(C)(C)OC(=O)[C@H]1C[C@@H]1[C@@H](O)CCCCOCc1ccccc1.